The van der Waals surface area contributed by atoms with Crippen molar-refractivity contribution in [2.75, 3.05) is 5.32 Å². The Bertz CT molecular complexity index is 264. The zero-order valence-corrected chi connectivity index (χ0v) is 9.42. The number of rotatable bonds is 2. The van der Waals surface area contributed by atoms with Gasteiger partial charge in [-0.15, -0.1) is 0 Å². The van der Waals surface area contributed by atoms with Gasteiger partial charge in [0.05, 0.1) is 0 Å². The minimum Gasteiger partial charge on any atom is -0.326 e. The van der Waals surface area contributed by atoms with Crippen molar-refractivity contribution in [1.82, 2.24) is 0 Å². The summed E-state index contributed by atoms with van der Waals surface area (Å²) < 4.78 is 0. The van der Waals surface area contributed by atoms with E-state index in [1.807, 2.05) is 52.0 Å². The minimum absolute atomic E-state index is 0.0545. The molecule has 0 atom stereocenters. The second kappa shape index (κ2) is 7.13. The van der Waals surface area contributed by atoms with E-state index in [4.69, 9.17) is 0 Å². The van der Waals surface area contributed by atoms with Crippen LogP contribution < -0.4 is 5.32 Å². The van der Waals surface area contributed by atoms with Gasteiger partial charge in [-0.25, -0.2) is 0 Å². The summed E-state index contributed by atoms with van der Waals surface area (Å²) in [5.41, 5.74) is 2.07. The van der Waals surface area contributed by atoms with Gasteiger partial charge in [0.1, 0.15) is 0 Å². The van der Waals surface area contributed by atoms with Crippen molar-refractivity contribution >= 4 is 11.6 Å². The molecule has 0 radical (unpaired) electrons. The molecular formula is C12H19NO. The van der Waals surface area contributed by atoms with Gasteiger partial charge >= 0.3 is 0 Å². The van der Waals surface area contributed by atoms with Gasteiger partial charge in [0.2, 0.25) is 5.91 Å². The molecule has 0 aromatic heterocycles. The molecule has 0 bridgehead atoms. The molecule has 0 aliphatic rings. The Kier molecular flexibility index (Phi) is 6.46. The Balaban J connectivity index is 0.000000791. The molecule has 1 rings (SSSR count). The van der Waals surface area contributed by atoms with E-state index in [1.165, 1.54) is 5.56 Å². The standard InChI is InChI=1S/C10H13NO.C2H6/c1-3-10(12)11-9-6-4-8(2)5-7-9;1-2/h4-7H,3H2,1-2H3,(H,11,12);1-2H3. The van der Waals surface area contributed by atoms with Crippen molar-refractivity contribution in [3.8, 4) is 0 Å². The quantitative estimate of drug-likeness (QED) is 0.766. The third-order valence-electron chi connectivity index (χ3n) is 1.66. The molecule has 0 spiro atoms. The monoisotopic (exact) mass is 193 g/mol. The number of hydrogen-bond donors (Lipinski definition) is 1. The zero-order valence-electron chi connectivity index (χ0n) is 9.42. The van der Waals surface area contributed by atoms with E-state index in [2.05, 4.69) is 5.32 Å². The number of benzene rings is 1. The highest BCUT2D eigenvalue weighted by Gasteiger charge is 1.96. The molecule has 1 aromatic rings. The molecule has 2 heteroatoms. The van der Waals surface area contributed by atoms with Crippen LogP contribution in [0.3, 0.4) is 0 Å². The maximum absolute atomic E-state index is 11.0. The number of carbonyl (C=O) groups excluding carboxylic acids is 1. The number of aryl methyl sites for hydroxylation is 1. The van der Waals surface area contributed by atoms with E-state index in [-0.39, 0.29) is 5.91 Å². The summed E-state index contributed by atoms with van der Waals surface area (Å²) in [6.07, 6.45) is 0.522. The van der Waals surface area contributed by atoms with Gasteiger partial charge in [-0.05, 0) is 19.1 Å². The number of nitrogens with one attached hydrogen (secondary N) is 1. The largest absolute Gasteiger partial charge is 0.326 e. The third-order valence-corrected chi connectivity index (χ3v) is 1.66. The van der Waals surface area contributed by atoms with E-state index >= 15 is 0 Å². The van der Waals surface area contributed by atoms with Crippen LogP contribution in [0.5, 0.6) is 0 Å². The van der Waals surface area contributed by atoms with Crippen LogP contribution in [0.1, 0.15) is 32.8 Å². The van der Waals surface area contributed by atoms with E-state index in [0.29, 0.717) is 6.42 Å². The lowest BCUT2D eigenvalue weighted by atomic mass is 10.2. The lowest BCUT2D eigenvalue weighted by molar-refractivity contribution is -0.115. The summed E-state index contributed by atoms with van der Waals surface area (Å²) in [6.45, 7) is 7.86. The van der Waals surface area contributed by atoms with Crippen molar-refractivity contribution < 1.29 is 4.79 Å². The van der Waals surface area contributed by atoms with Crippen LogP contribution in [0.2, 0.25) is 0 Å². The highest BCUT2D eigenvalue weighted by atomic mass is 16.1. The molecule has 0 heterocycles. The number of carbonyl (C=O) groups is 1. The molecule has 1 N–H and O–H groups in total. The SMILES string of the molecule is CC.CCC(=O)Nc1ccc(C)cc1. The molecule has 2 nitrogen and oxygen atoms in total. The molecule has 0 aliphatic carbocycles. The molecule has 78 valence electrons. The second-order valence-electron chi connectivity index (χ2n) is 2.77. The predicted octanol–water partition coefficient (Wildman–Crippen LogP) is 3.37. The van der Waals surface area contributed by atoms with Crippen LogP contribution in [0.25, 0.3) is 0 Å². The topological polar surface area (TPSA) is 29.1 Å². The van der Waals surface area contributed by atoms with Crippen molar-refractivity contribution in [1.29, 1.82) is 0 Å². The first-order chi connectivity index (χ1) is 6.72. The van der Waals surface area contributed by atoms with Crippen molar-refractivity contribution in [2.45, 2.75) is 34.1 Å². The molecule has 0 saturated heterocycles. The summed E-state index contributed by atoms with van der Waals surface area (Å²) in [4.78, 5) is 11.0. The maximum Gasteiger partial charge on any atom is 0.224 e. The summed E-state index contributed by atoms with van der Waals surface area (Å²) in [7, 11) is 0. The average molecular weight is 193 g/mol. The second-order valence-corrected chi connectivity index (χ2v) is 2.77. The normalized spacial score (nSPS) is 8.57. The summed E-state index contributed by atoms with van der Waals surface area (Å²) in [5, 5.41) is 2.78. The fraction of sp³-hybridized carbons (Fsp3) is 0.417. The smallest absolute Gasteiger partial charge is 0.224 e. The van der Waals surface area contributed by atoms with Crippen LogP contribution in [0, 0.1) is 6.92 Å². The molecule has 0 aliphatic heterocycles. The van der Waals surface area contributed by atoms with Crippen LogP contribution in [0.15, 0.2) is 24.3 Å². The number of amides is 1. The average Bonchev–Trinajstić information content (AvgIpc) is 2.24. The Hall–Kier alpha value is -1.31. The van der Waals surface area contributed by atoms with E-state index in [1.54, 1.807) is 0 Å². The minimum atomic E-state index is 0.0545. The lowest BCUT2D eigenvalue weighted by Gasteiger charge is -2.02. The summed E-state index contributed by atoms with van der Waals surface area (Å²) in [6, 6.07) is 7.77. The first kappa shape index (κ1) is 12.7. The number of anilines is 1. The zero-order chi connectivity index (χ0) is 11.0. The van der Waals surface area contributed by atoms with Crippen molar-refractivity contribution in [2.24, 2.45) is 0 Å². The first-order valence-electron chi connectivity index (χ1n) is 5.09. The van der Waals surface area contributed by atoms with Gasteiger partial charge in [0, 0.05) is 12.1 Å². The molecule has 0 fully saturated rings. The van der Waals surface area contributed by atoms with Crippen LogP contribution in [-0.2, 0) is 4.79 Å². The lowest BCUT2D eigenvalue weighted by Crippen LogP contribution is -2.08. The maximum atomic E-state index is 11.0. The Labute approximate surface area is 86.3 Å². The van der Waals surface area contributed by atoms with E-state index in [0.717, 1.165) is 5.69 Å². The van der Waals surface area contributed by atoms with Gasteiger partial charge in [0.15, 0.2) is 0 Å². The van der Waals surface area contributed by atoms with Crippen molar-refractivity contribution in [3.63, 3.8) is 0 Å². The molecule has 0 saturated carbocycles. The Morgan fingerprint density at radius 1 is 1.21 bits per heavy atom. The van der Waals surface area contributed by atoms with Gasteiger partial charge in [-0.3, -0.25) is 4.79 Å². The fourth-order valence-corrected chi connectivity index (χ4v) is 0.886. The van der Waals surface area contributed by atoms with Crippen LogP contribution in [-0.4, -0.2) is 5.91 Å². The predicted molar refractivity (Wildman–Crippen MR) is 61.4 cm³/mol. The first-order valence-corrected chi connectivity index (χ1v) is 5.09. The van der Waals surface area contributed by atoms with Crippen LogP contribution >= 0.6 is 0 Å². The van der Waals surface area contributed by atoms with Gasteiger partial charge in [-0.2, -0.15) is 0 Å². The highest BCUT2D eigenvalue weighted by molar-refractivity contribution is 5.90. The van der Waals surface area contributed by atoms with Gasteiger partial charge in [0.25, 0.3) is 0 Å². The molecule has 0 unspecified atom stereocenters. The van der Waals surface area contributed by atoms with Gasteiger partial charge in [-0.1, -0.05) is 38.5 Å². The van der Waals surface area contributed by atoms with E-state index < -0.39 is 0 Å². The molecular weight excluding hydrogens is 174 g/mol. The highest BCUT2D eigenvalue weighted by Crippen LogP contribution is 2.08. The van der Waals surface area contributed by atoms with Crippen molar-refractivity contribution in [3.05, 3.63) is 29.8 Å². The Morgan fingerprint density at radius 2 is 1.71 bits per heavy atom. The van der Waals surface area contributed by atoms with E-state index in [9.17, 15) is 4.79 Å². The Morgan fingerprint density at radius 3 is 2.14 bits per heavy atom. The molecule has 14 heavy (non-hydrogen) atoms. The fourth-order valence-electron chi connectivity index (χ4n) is 0.886. The summed E-state index contributed by atoms with van der Waals surface area (Å²) in [5.74, 6) is 0.0545. The number of hydrogen-bond acceptors (Lipinski definition) is 1. The third kappa shape index (κ3) is 4.65. The molecule has 1 aromatic carbocycles. The van der Waals surface area contributed by atoms with Gasteiger partial charge < -0.3 is 5.32 Å². The summed E-state index contributed by atoms with van der Waals surface area (Å²) >= 11 is 0. The van der Waals surface area contributed by atoms with Crippen LogP contribution in [0.4, 0.5) is 5.69 Å². The molecule has 1 amide bonds.